The van der Waals surface area contributed by atoms with Crippen molar-refractivity contribution in [2.75, 3.05) is 5.32 Å². The van der Waals surface area contributed by atoms with E-state index in [1.165, 1.54) is 17.0 Å². The molecule has 0 aliphatic carbocycles. The van der Waals surface area contributed by atoms with E-state index in [-0.39, 0.29) is 11.4 Å². The van der Waals surface area contributed by atoms with Crippen LogP contribution in [0.3, 0.4) is 0 Å². The van der Waals surface area contributed by atoms with Crippen LogP contribution in [0.5, 0.6) is 0 Å². The zero-order chi connectivity index (χ0) is 17.6. The summed E-state index contributed by atoms with van der Waals surface area (Å²) < 4.78 is 1.41. The molecule has 0 unspecified atom stereocenters. The summed E-state index contributed by atoms with van der Waals surface area (Å²) in [6.07, 6.45) is 5.98. The molecule has 0 bridgehead atoms. The third kappa shape index (κ3) is 3.91. The number of nitriles is 1. The van der Waals surface area contributed by atoms with Gasteiger partial charge in [-0.1, -0.05) is 29.8 Å². The SMILES string of the molecule is N#Cc1cnn(-c2ccccn2)c1NC(=O)/C=C/c1cccc(Cl)c1. The van der Waals surface area contributed by atoms with E-state index in [0.29, 0.717) is 10.8 Å². The summed E-state index contributed by atoms with van der Waals surface area (Å²) in [6.45, 7) is 0. The maximum Gasteiger partial charge on any atom is 0.249 e. The number of carbonyl (C=O) groups excluding carboxylic acids is 1. The van der Waals surface area contributed by atoms with Gasteiger partial charge >= 0.3 is 0 Å². The number of amides is 1. The molecule has 0 fully saturated rings. The molecule has 2 heterocycles. The Morgan fingerprint density at radius 1 is 1.28 bits per heavy atom. The maximum atomic E-state index is 12.2. The van der Waals surface area contributed by atoms with Gasteiger partial charge in [0.05, 0.1) is 6.20 Å². The first-order valence-electron chi connectivity index (χ1n) is 7.31. The Balaban J connectivity index is 1.84. The highest BCUT2D eigenvalue weighted by Gasteiger charge is 2.14. The van der Waals surface area contributed by atoms with Gasteiger partial charge in [0, 0.05) is 17.3 Å². The lowest BCUT2D eigenvalue weighted by atomic mass is 10.2. The molecule has 0 spiro atoms. The van der Waals surface area contributed by atoms with E-state index in [1.54, 1.807) is 48.7 Å². The average molecular weight is 350 g/mol. The average Bonchev–Trinajstić information content (AvgIpc) is 3.03. The van der Waals surface area contributed by atoms with Crippen molar-refractivity contribution < 1.29 is 4.79 Å². The molecular weight excluding hydrogens is 338 g/mol. The predicted octanol–water partition coefficient (Wildman–Crippen LogP) is 3.44. The van der Waals surface area contributed by atoms with Crippen LogP contribution in [0, 0.1) is 11.3 Å². The molecule has 0 radical (unpaired) electrons. The van der Waals surface area contributed by atoms with Crippen LogP contribution in [0.25, 0.3) is 11.9 Å². The molecule has 3 aromatic rings. The van der Waals surface area contributed by atoms with Crippen molar-refractivity contribution in [1.29, 1.82) is 5.26 Å². The monoisotopic (exact) mass is 349 g/mol. The van der Waals surface area contributed by atoms with E-state index in [4.69, 9.17) is 11.6 Å². The molecule has 6 nitrogen and oxygen atoms in total. The Morgan fingerprint density at radius 2 is 2.16 bits per heavy atom. The minimum Gasteiger partial charge on any atom is -0.306 e. The summed E-state index contributed by atoms with van der Waals surface area (Å²) in [7, 11) is 0. The zero-order valence-corrected chi connectivity index (χ0v) is 13.7. The largest absolute Gasteiger partial charge is 0.306 e. The van der Waals surface area contributed by atoms with E-state index in [9.17, 15) is 10.1 Å². The van der Waals surface area contributed by atoms with Crippen LogP contribution in [-0.2, 0) is 4.79 Å². The quantitative estimate of drug-likeness (QED) is 0.731. The fraction of sp³-hybridized carbons (Fsp3) is 0. The van der Waals surface area contributed by atoms with Gasteiger partial charge in [0.1, 0.15) is 11.6 Å². The molecule has 1 N–H and O–H groups in total. The van der Waals surface area contributed by atoms with Gasteiger partial charge in [0.15, 0.2) is 11.6 Å². The number of rotatable bonds is 4. The third-order valence-electron chi connectivity index (χ3n) is 3.27. The van der Waals surface area contributed by atoms with Gasteiger partial charge in [0.2, 0.25) is 5.91 Å². The highest BCUT2D eigenvalue weighted by molar-refractivity contribution is 6.30. The van der Waals surface area contributed by atoms with Crippen molar-refractivity contribution >= 4 is 29.4 Å². The number of aromatic nitrogens is 3. The first kappa shape index (κ1) is 16.4. The standard InChI is InChI=1S/C18H12ClN5O/c19-15-5-3-4-13(10-15)7-8-17(25)23-18-14(11-20)12-22-24(18)16-6-1-2-9-21-16/h1-10,12H,(H,23,25)/b8-7+. The van der Waals surface area contributed by atoms with Crippen LogP contribution < -0.4 is 5.32 Å². The number of hydrogen-bond donors (Lipinski definition) is 1. The van der Waals surface area contributed by atoms with E-state index in [2.05, 4.69) is 15.4 Å². The van der Waals surface area contributed by atoms with Gasteiger partial charge in [-0.3, -0.25) is 4.79 Å². The Bertz CT molecular complexity index is 973. The molecule has 0 saturated carbocycles. The van der Waals surface area contributed by atoms with Gasteiger partial charge in [-0.2, -0.15) is 15.0 Å². The second kappa shape index (κ2) is 7.43. The molecule has 25 heavy (non-hydrogen) atoms. The minimum atomic E-state index is -0.394. The fourth-order valence-electron chi connectivity index (χ4n) is 2.14. The predicted molar refractivity (Wildman–Crippen MR) is 95.2 cm³/mol. The number of nitrogens with zero attached hydrogens (tertiary/aromatic N) is 4. The number of benzene rings is 1. The molecule has 2 aromatic heterocycles. The van der Waals surface area contributed by atoms with Crippen LogP contribution in [0.15, 0.2) is 60.9 Å². The van der Waals surface area contributed by atoms with Gasteiger partial charge in [-0.05, 0) is 35.9 Å². The fourth-order valence-corrected chi connectivity index (χ4v) is 2.34. The molecule has 1 aromatic carbocycles. The molecule has 0 aliphatic rings. The van der Waals surface area contributed by atoms with Gasteiger partial charge in [0.25, 0.3) is 0 Å². The number of pyridine rings is 1. The Labute approximate surface area is 149 Å². The van der Waals surface area contributed by atoms with Crippen molar-refractivity contribution in [2.24, 2.45) is 0 Å². The smallest absolute Gasteiger partial charge is 0.249 e. The van der Waals surface area contributed by atoms with Crippen LogP contribution >= 0.6 is 11.6 Å². The summed E-state index contributed by atoms with van der Waals surface area (Å²) in [6, 6.07) is 14.4. The lowest BCUT2D eigenvalue weighted by Crippen LogP contribution is -2.13. The maximum absolute atomic E-state index is 12.2. The zero-order valence-electron chi connectivity index (χ0n) is 12.9. The van der Waals surface area contributed by atoms with Crippen molar-refractivity contribution in [3.8, 4) is 11.9 Å². The molecule has 0 atom stereocenters. The molecular formula is C18H12ClN5O. The lowest BCUT2D eigenvalue weighted by molar-refractivity contribution is -0.111. The molecule has 122 valence electrons. The molecule has 7 heteroatoms. The summed E-state index contributed by atoms with van der Waals surface area (Å²) in [5.74, 6) is 0.370. The first-order valence-corrected chi connectivity index (χ1v) is 7.69. The third-order valence-corrected chi connectivity index (χ3v) is 3.51. The van der Waals surface area contributed by atoms with E-state index < -0.39 is 5.91 Å². The summed E-state index contributed by atoms with van der Waals surface area (Å²) in [4.78, 5) is 16.4. The minimum absolute atomic E-state index is 0.246. The van der Waals surface area contributed by atoms with Crippen LogP contribution in [0.4, 0.5) is 5.82 Å². The second-order valence-corrected chi connectivity index (χ2v) is 5.43. The number of anilines is 1. The Morgan fingerprint density at radius 3 is 2.88 bits per heavy atom. The van der Waals surface area contributed by atoms with E-state index >= 15 is 0 Å². The van der Waals surface area contributed by atoms with Gasteiger partial charge in [-0.15, -0.1) is 0 Å². The van der Waals surface area contributed by atoms with Gasteiger partial charge < -0.3 is 5.32 Å². The lowest BCUT2D eigenvalue weighted by Gasteiger charge is -2.07. The number of nitrogens with one attached hydrogen (secondary N) is 1. The molecule has 3 rings (SSSR count). The van der Waals surface area contributed by atoms with Crippen molar-refractivity contribution in [3.05, 3.63) is 77.1 Å². The summed E-state index contributed by atoms with van der Waals surface area (Å²) in [5.41, 5.74) is 1.04. The Hall–Kier alpha value is -3.43. The normalized spacial score (nSPS) is 10.6. The Kier molecular flexibility index (Phi) is 4.88. The van der Waals surface area contributed by atoms with E-state index in [0.717, 1.165) is 5.56 Å². The number of hydrogen-bond acceptors (Lipinski definition) is 4. The molecule has 1 amide bonds. The van der Waals surface area contributed by atoms with Crippen LogP contribution in [-0.4, -0.2) is 20.7 Å². The highest BCUT2D eigenvalue weighted by atomic mass is 35.5. The molecule has 0 aliphatic heterocycles. The highest BCUT2D eigenvalue weighted by Crippen LogP contribution is 2.18. The van der Waals surface area contributed by atoms with Crippen molar-refractivity contribution in [3.63, 3.8) is 0 Å². The van der Waals surface area contributed by atoms with Crippen molar-refractivity contribution in [1.82, 2.24) is 14.8 Å². The number of halogens is 1. The summed E-state index contributed by atoms with van der Waals surface area (Å²) in [5, 5.41) is 16.6. The summed E-state index contributed by atoms with van der Waals surface area (Å²) >= 11 is 5.91. The first-order chi connectivity index (χ1) is 12.2. The number of carbonyl (C=O) groups is 1. The van der Waals surface area contributed by atoms with E-state index in [1.807, 2.05) is 12.1 Å². The topological polar surface area (TPSA) is 83.6 Å². The van der Waals surface area contributed by atoms with Crippen LogP contribution in [0.1, 0.15) is 11.1 Å². The van der Waals surface area contributed by atoms with Crippen molar-refractivity contribution in [2.45, 2.75) is 0 Å². The second-order valence-electron chi connectivity index (χ2n) is 5.00. The van der Waals surface area contributed by atoms with Crippen LogP contribution in [0.2, 0.25) is 5.02 Å². The van der Waals surface area contributed by atoms with Gasteiger partial charge in [-0.25, -0.2) is 4.98 Å². The molecule has 0 saturated heterocycles.